The van der Waals surface area contributed by atoms with Gasteiger partial charge >= 0.3 is 0 Å². The lowest BCUT2D eigenvalue weighted by atomic mass is 9.76. The van der Waals surface area contributed by atoms with Crippen molar-refractivity contribution in [2.24, 2.45) is 5.41 Å². The minimum Gasteiger partial charge on any atom is -0.126 e. The van der Waals surface area contributed by atoms with Crippen LogP contribution in [0.4, 0.5) is 0 Å². The van der Waals surface area contributed by atoms with Crippen LogP contribution in [0.25, 0.3) is 0 Å². The fourth-order valence-electron chi connectivity index (χ4n) is 2.57. The summed E-state index contributed by atoms with van der Waals surface area (Å²) in [6.45, 7) is 8.99. The van der Waals surface area contributed by atoms with Crippen molar-refractivity contribution >= 4 is 23.2 Å². The topological polar surface area (TPSA) is 0 Å². The highest BCUT2D eigenvalue weighted by atomic mass is 35.5. The third kappa shape index (κ3) is 4.68. The fourth-order valence-corrected chi connectivity index (χ4v) is 3.41. The number of benzene rings is 1. The smallest absolute Gasteiger partial charge is 0.0332 e. The minimum absolute atomic E-state index is 0.0836. The molecule has 0 atom stereocenters. The van der Waals surface area contributed by atoms with E-state index in [9.17, 15) is 0 Å². The number of aryl methyl sites for hydroxylation is 1. The average molecular weight is 301 g/mol. The van der Waals surface area contributed by atoms with Gasteiger partial charge in [0, 0.05) is 17.2 Å². The van der Waals surface area contributed by atoms with Crippen LogP contribution >= 0.6 is 23.2 Å². The Kier molecular flexibility index (Phi) is 6.20. The second-order valence-electron chi connectivity index (χ2n) is 6.78. The van der Waals surface area contributed by atoms with E-state index in [4.69, 9.17) is 23.2 Å². The second-order valence-corrected chi connectivity index (χ2v) is 7.31. The molecule has 1 aromatic rings. The monoisotopic (exact) mass is 300 g/mol. The zero-order valence-corrected chi connectivity index (χ0v) is 14.1. The van der Waals surface area contributed by atoms with Gasteiger partial charge in [-0.1, -0.05) is 51.5 Å². The predicted octanol–water partition coefficient (Wildman–Crippen LogP) is 5.93. The van der Waals surface area contributed by atoms with Gasteiger partial charge in [-0.2, -0.15) is 0 Å². The second kappa shape index (κ2) is 6.99. The van der Waals surface area contributed by atoms with Gasteiger partial charge in [-0.15, -0.1) is 23.2 Å². The van der Waals surface area contributed by atoms with Crippen LogP contribution in [0.1, 0.15) is 51.2 Å². The largest absolute Gasteiger partial charge is 0.126 e. The van der Waals surface area contributed by atoms with Gasteiger partial charge in [0.05, 0.1) is 0 Å². The van der Waals surface area contributed by atoms with Crippen molar-refractivity contribution in [1.82, 2.24) is 0 Å². The van der Waals surface area contributed by atoms with Gasteiger partial charge in [-0.3, -0.25) is 0 Å². The van der Waals surface area contributed by atoms with Crippen LogP contribution in [0.2, 0.25) is 0 Å². The molecule has 0 bridgehead atoms. The van der Waals surface area contributed by atoms with Gasteiger partial charge in [0.25, 0.3) is 0 Å². The van der Waals surface area contributed by atoms with Crippen LogP contribution in [0.5, 0.6) is 0 Å². The normalized spacial score (nSPS) is 12.7. The molecule has 1 aromatic carbocycles. The van der Waals surface area contributed by atoms with E-state index in [0.29, 0.717) is 17.2 Å². The first-order valence-electron chi connectivity index (χ1n) is 7.03. The van der Waals surface area contributed by atoms with Crippen LogP contribution in [0.15, 0.2) is 24.3 Å². The van der Waals surface area contributed by atoms with Gasteiger partial charge in [-0.25, -0.2) is 0 Å². The standard InChI is InChI=1S/C17H26Cl2/c1-14-8-5-6-9-15(14)17(12-18,13-19)11-7-10-16(2,3)4/h5-6,8-9H,7,10-13H2,1-4H3. The lowest BCUT2D eigenvalue weighted by molar-refractivity contribution is 0.335. The van der Waals surface area contributed by atoms with Gasteiger partial charge in [0.1, 0.15) is 0 Å². The van der Waals surface area contributed by atoms with Crippen molar-refractivity contribution in [2.45, 2.75) is 52.4 Å². The third-order valence-corrected chi connectivity index (χ3v) is 4.83. The molecule has 0 saturated carbocycles. The molecule has 108 valence electrons. The molecule has 0 heterocycles. The summed E-state index contributed by atoms with van der Waals surface area (Å²) >= 11 is 12.6. The summed E-state index contributed by atoms with van der Waals surface area (Å²) in [7, 11) is 0. The molecule has 0 aliphatic heterocycles. The molecule has 0 aromatic heterocycles. The molecule has 0 amide bonds. The number of alkyl halides is 2. The molecule has 19 heavy (non-hydrogen) atoms. The van der Waals surface area contributed by atoms with E-state index < -0.39 is 0 Å². The first kappa shape index (κ1) is 16.9. The van der Waals surface area contributed by atoms with Crippen LogP contribution in [0, 0.1) is 12.3 Å². The summed E-state index contributed by atoms with van der Waals surface area (Å²) in [6.07, 6.45) is 3.42. The first-order valence-corrected chi connectivity index (χ1v) is 8.10. The highest BCUT2D eigenvalue weighted by Gasteiger charge is 2.31. The lowest BCUT2D eigenvalue weighted by Gasteiger charge is -2.33. The Bertz CT molecular complexity index is 386. The van der Waals surface area contributed by atoms with Crippen molar-refractivity contribution in [3.8, 4) is 0 Å². The summed E-state index contributed by atoms with van der Waals surface area (Å²) in [5, 5.41) is 0. The molecule has 1 rings (SSSR count). The van der Waals surface area contributed by atoms with Gasteiger partial charge in [-0.05, 0) is 36.3 Å². The van der Waals surface area contributed by atoms with E-state index >= 15 is 0 Å². The molecule has 0 N–H and O–H groups in total. The highest BCUT2D eigenvalue weighted by molar-refractivity contribution is 6.22. The molecule has 0 spiro atoms. The SMILES string of the molecule is Cc1ccccc1C(CCl)(CCl)CCCC(C)(C)C. The first-order chi connectivity index (χ1) is 8.84. The molecule has 0 aliphatic rings. The fraction of sp³-hybridized carbons (Fsp3) is 0.647. The van der Waals surface area contributed by atoms with Crippen molar-refractivity contribution in [3.63, 3.8) is 0 Å². The molecule has 0 aliphatic carbocycles. The molecule has 0 fully saturated rings. The summed E-state index contributed by atoms with van der Waals surface area (Å²) in [5.41, 5.74) is 2.89. The van der Waals surface area contributed by atoms with E-state index in [1.165, 1.54) is 17.5 Å². The molecule has 0 saturated heterocycles. The highest BCUT2D eigenvalue weighted by Crippen LogP contribution is 2.36. The Morgan fingerprint density at radius 3 is 2.00 bits per heavy atom. The quantitative estimate of drug-likeness (QED) is 0.571. The molecular formula is C17H26Cl2. The Morgan fingerprint density at radius 1 is 0.947 bits per heavy atom. The number of halogens is 2. The third-order valence-electron chi connectivity index (χ3n) is 3.81. The summed E-state index contributed by atoms with van der Waals surface area (Å²) in [4.78, 5) is 0. The van der Waals surface area contributed by atoms with Crippen LogP contribution in [-0.4, -0.2) is 11.8 Å². The van der Waals surface area contributed by atoms with E-state index in [0.717, 1.165) is 12.8 Å². The molecule has 0 nitrogen and oxygen atoms in total. The predicted molar refractivity (Wildman–Crippen MR) is 87.6 cm³/mol. The van der Waals surface area contributed by atoms with Crippen molar-refractivity contribution in [3.05, 3.63) is 35.4 Å². The van der Waals surface area contributed by atoms with Gasteiger partial charge < -0.3 is 0 Å². The summed E-state index contributed by atoms with van der Waals surface area (Å²) in [5.74, 6) is 1.18. The lowest BCUT2D eigenvalue weighted by Crippen LogP contribution is -2.32. The molecular weight excluding hydrogens is 275 g/mol. The number of hydrogen-bond acceptors (Lipinski definition) is 0. The van der Waals surface area contributed by atoms with Gasteiger partial charge in [0.15, 0.2) is 0 Å². The maximum atomic E-state index is 6.30. The summed E-state index contributed by atoms with van der Waals surface area (Å²) in [6, 6.07) is 8.48. The van der Waals surface area contributed by atoms with E-state index in [1.807, 2.05) is 0 Å². The van der Waals surface area contributed by atoms with Crippen LogP contribution in [0.3, 0.4) is 0 Å². The zero-order valence-electron chi connectivity index (χ0n) is 12.6. The Morgan fingerprint density at radius 2 is 1.53 bits per heavy atom. The maximum Gasteiger partial charge on any atom is 0.0332 e. The molecule has 2 heteroatoms. The number of rotatable bonds is 6. The Labute approximate surface area is 128 Å². The zero-order chi connectivity index (χ0) is 14.5. The summed E-state index contributed by atoms with van der Waals surface area (Å²) < 4.78 is 0. The van der Waals surface area contributed by atoms with Crippen LogP contribution < -0.4 is 0 Å². The molecule has 0 radical (unpaired) electrons. The van der Waals surface area contributed by atoms with E-state index in [2.05, 4.69) is 52.0 Å². The molecule has 0 unspecified atom stereocenters. The van der Waals surface area contributed by atoms with E-state index in [1.54, 1.807) is 0 Å². The van der Waals surface area contributed by atoms with Crippen molar-refractivity contribution in [2.75, 3.05) is 11.8 Å². The van der Waals surface area contributed by atoms with Crippen molar-refractivity contribution in [1.29, 1.82) is 0 Å². The Hall–Kier alpha value is -0.200. The minimum atomic E-state index is -0.0836. The average Bonchev–Trinajstić information content (AvgIpc) is 2.35. The number of hydrogen-bond donors (Lipinski definition) is 0. The van der Waals surface area contributed by atoms with Gasteiger partial charge in [0.2, 0.25) is 0 Å². The van der Waals surface area contributed by atoms with E-state index in [-0.39, 0.29) is 5.41 Å². The maximum absolute atomic E-state index is 6.30. The Balaban J connectivity index is 2.89. The van der Waals surface area contributed by atoms with Crippen LogP contribution in [-0.2, 0) is 5.41 Å². The van der Waals surface area contributed by atoms with Crippen molar-refractivity contribution < 1.29 is 0 Å².